The van der Waals surface area contributed by atoms with E-state index in [1.165, 1.54) is 0 Å². The van der Waals surface area contributed by atoms with Crippen LogP contribution in [0.3, 0.4) is 0 Å². The molecule has 1 aliphatic rings. The Hall–Kier alpha value is -3.04. The highest BCUT2D eigenvalue weighted by Crippen LogP contribution is 2.36. The minimum atomic E-state index is -3.25. The maximum Gasteiger partial charge on any atom is 0.253 e. The zero-order valence-corrected chi connectivity index (χ0v) is 21.5. The molecule has 0 fully saturated rings. The van der Waals surface area contributed by atoms with Gasteiger partial charge in [0.1, 0.15) is 0 Å². The Labute approximate surface area is 210 Å². The van der Waals surface area contributed by atoms with E-state index in [4.69, 9.17) is 11.6 Å². The van der Waals surface area contributed by atoms with Crippen molar-refractivity contribution in [1.82, 2.24) is 20.3 Å². The van der Waals surface area contributed by atoms with Crippen LogP contribution in [0.4, 0.5) is 5.95 Å². The van der Waals surface area contributed by atoms with Crippen molar-refractivity contribution in [3.05, 3.63) is 76.3 Å². The van der Waals surface area contributed by atoms with Gasteiger partial charge in [-0.2, -0.15) is 0 Å². The first-order chi connectivity index (χ1) is 16.7. The normalized spacial score (nSPS) is 15.7. The van der Waals surface area contributed by atoms with E-state index in [9.17, 15) is 13.2 Å². The number of hydrogen-bond acceptors (Lipinski definition) is 7. The molecule has 1 N–H and O–H groups in total. The topological polar surface area (TPSA) is 105 Å². The number of amides is 1. The minimum Gasteiger partial charge on any atom is -0.348 e. The molecule has 0 radical (unpaired) electrons. The predicted molar refractivity (Wildman–Crippen MR) is 135 cm³/mol. The Bertz CT molecular complexity index is 1310. The van der Waals surface area contributed by atoms with E-state index in [0.717, 1.165) is 16.8 Å². The monoisotopic (exact) mass is 513 g/mol. The summed E-state index contributed by atoms with van der Waals surface area (Å²) >= 11 is 5.96. The SMILES string of the molecule is CCS(=O)(=O)c1ccc(CNC(=O)c2cnc3c(c2)CCN(c2ncc(Cl)cn2)[C@@H]3C(C)C)cc1. The van der Waals surface area contributed by atoms with Crippen LogP contribution in [0.5, 0.6) is 0 Å². The van der Waals surface area contributed by atoms with E-state index in [0.29, 0.717) is 36.0 Å². The minimum absolute atomic E-state index is 0.0186. The lowest BCUT2D eigenvalue weighted by atomic mass is 9.89. The number of aromatic nitrogens is 3. The third kappa shape index (κ3) is 5.46. The lowest BCUT2D eigenvalue weighted by Crippen LogP contribution is -2.40. The molecule has 8 nitrogen and oxygen atoms in total. The quantitative estimate of drug-likeness (QED) is 0.509. The number of carbonyl (C=O) groups excluding carboxylic acids is 1. The number of fused-ring (bicyclic) bond motifs is 1. The molecule has 0 saturated heterocycles. The fourth-order valence-electron chi connectivity index (χ4n) is 4.26. The molecule has 3 heterocycles. The fraction of sp³-hybridized carbons (Fsp3) is 0.360. The first kappa shape index (κ1) is 25.1. The van der Waals surface area contributed by atoms with Crippen molar-refractivity contribution in [3.63, 3.8) is 0 Å². The summed E-state index contributed by atoms with van der Waals surface area (Å²) in [6.45, 7) is 6.86. The maximum atomic E-state index is 12.8. The number of hydrogen-bond donors (Lipinski definition) is 1. The molecule has 0 saturated carbocycles. The summed E-state index contributed by atoms with van der Waals surface area (Å²) in [7, 11) is -3.25. The van der Waals surface area contributed by atoms with Crippen LogP contribution < -0.4 is 10.2 Å². The lowest BCUT2D eigenvalue weighted by molar-refractivity contribution is 0.0950. The second kappa shape index (κ2) is 10.3. The second-order valence-corrected chi connectivity index (χ2v) is 11.5. The molecule has 0 aliphatic carbocycles. The Morgan fingerprint density at radius 1 is 1.14 bits per heavy atom. The summed E-state index contributed by atoms with van der Waals surface area (Å²) in [5.74, 6) is 0.687. The molecule has 1 amide bonds. The number of nitrogens with zero attached hydrogens (tertiary/aromatic N) is 4. The molecule has 1 atom stereocenters. The molecule has 35 heavy (non-hydrogen) atoms. The number of nitrogens with one attached hydrogen (secondary N) is 1. The molecular formula is C25H28ClN5O3S. The van der Waals surface area contributed by atoms with E-state index in [1.807, 2.05) is 6.07 Å². The highest BCUT2D eigenvalue weighted by atomic mass is 35.5. The molecule has 4 rings (SSSR count). The van der Waals surface area contributed by atoms with Crippen LogP contribution in [-0.4, -0.2) is 41.6 Å². The van der Waals surface area contributed by atoms with E-state index in [1.54, 1.807) is 49.8 Å². The van der Waals surface area contributed by atoms with Gasteiger partial charge in [0, 0.05) is 19.3 Å². The number of rotatable bonds is 7. The zero-order chi connectivity index (χ0) is 25.2. The van der Waals surface area contributed by atoms with Gasteiger partial charge in [-0.15, -0.1) is 0 Å². The molecule has 1 aromatic carbocycles. The summed E-state index contributed by atoms with van der Waals surface area (Å²) < 4.78 is 23.9. The first-order valence-corrected chi connectivity index (χ1v) is 13.6. The van der Waals surface area contributed by atoms with Crippen molar-refractivity contribution >= 4 is 33.3 Å². The molecule has 0 spiro atoms. The summed E-state index contributed by atoms with van der Waals surface area (Å²) in [6, 6.07) is 8.47. The van der Waals surface area contributed by atoms with Gasteiger partial charge < -0.3 is 10.2 Å². The Kier molecular flexibility index (Phi) is 7.37. The highest BCUT2D eigenvalue weighted by molar-refractivity contribution is 7.91. The molecule has 3 aromatic rings. The van der Waals surface area contributed by atoms with Crippen LogP contribution in [0.1, 0.15) is 54.0 Å². The van der Waals surface area contributed by atoms with Gasteiger partial charge in [-0.1, -0.05) is 44.5 Å². The predicted octanol–water partition coefficient (Wildman–Crippen LogP) is 4.01. The second-order valence-electron chi connectivity index (χ2n) is 8.83. The summed E-state index contributed by atoms with van der Waals surface area (Å²) in [5, 5.41) is 3.39. The average molecular weight is 514 g/mol. The van der Waals surface area contributed by atoms with Gasteiger partial charge >= 0.3 is 0 Å². The van der Waals surface area contributed by atoms with Gasteiger partial charge in [-0.3, -0.25) is 9.78 Å². The van der Waals surface area contributed by atoms with Gasteiger partial charge in [0.2, 0.25) is 5.95 Å². The van der Waals surface area contributed by atoms with E-state index in [-0.39, 0.29) is 28.5 Å². The van der Waals surface area contributed by atoms with E-state index in [2.05, 4.69) is 39.0 Å². The fourth-order valence-corrected chi connectivity index (χ4v) is 5.24. The van der Waals surface area contributed by atoms with Crippen molar-refractivity contribution in [2.24, 2.45) is 5.92 Å². The smallest absolute Gasteiger partial charge is 0.253 e. The number of carbonyl (C=O) groups is 1. The van der Waals surface area contributed by atoms with Crippen LogP contribution in [0.15, 0.2) is 53.8 Å². The van der Waals surface area contributed by atoms with Gasteiger partial charge in [-0.25, -0.2) is 18.4 Å². The Morgan fingerprint density at radius 3 is 2.46 bits per heavy atom. The van der Waals surface area contributed by atoms with Crippen LogP contribution in [0, 0.1) is 5.92 Å². The number of benzene rings is 1. The Balaban J connectivity index is 1.48. The maximum absolute atomic E-state index is 12.8. The van der Waals surface area contributed by atoms with Gasteiger partial charge in [0.05, 0.1) is 45.4 Å². The lowest BCUT2D eigenvalue weighted by Gasteiger charge is -2.38. The average Bonchev–Trinajstić information content (AvgIpc) is 2.86. The standard InChI is InChI=1S/C25H28ClN5O3S/c1-4-35(33,34)21-7-5-17(6-8-21)12-28-24(32)19-11-18-9-10-31(25-29-14-20(26)15-30-25)23(16(2)3)22(18)27-13-19/h5-8,11,13-16,23H,4,9-10,12H2,1-3H3,(H,28,32)/t23-/m1/s1. The molecule has 10 heteroatoms. The summed E-state index contributed by atoms with van der Waals surface area (Å²) in [5.41, 5.74) is 3.27. The van der Waals surface area contributed by atoms with Crippen molar-refractivity contribution < 1.29 is 13.2 Å². The number of pyridine rings is 1. The van der Waals surface area contributed by atoms with Crippen LogP contribution in [0.2, 0.25) is 5.02 Å². The third-order valence-electron chi connectivity index (χ3n) is 6.11. The molecule has 184 valence electrons. The van der Waals surface area contributed by atoms with Crippen molar-refractivity contribution in [1.29, 1.82) is 0 Å². The van der Waals surface area contributed by atoms with Crippen LogP contribution in [-0.2, 0) is 22.8 Å². The molecular weight excluding hydrogens is 486 g/mol. The largest absolute Gasteiger partial charge is 0.348 e. The summed E-state index contributed by atoms with van der Waals surface area (Å²) in [4.78, 5) is 28.7. The molecule has 2 aromatic heterocycles. The third-order valence-corrected chi connectivity index (χ3v) is 8.06. The zero-order valence-electron chi connectivity index (χ0n) is 19.9. The van der Waals surface area contributed by atoms with Crippen molar-refractivity contribution in [3.8, 4) is 0 Å². The van der Waals surface area contributed by atoms with Crippen LogP contribution >= 0.6 is 11.6 Å². The van der Waals surface area contributed by atoms with Gasteiger partial charge in [0.25, 0.3) is 5.91 Å². The number of sulfone groups is 1. The first-order valence-electron chi connectivity index (χ1n) is 11.5. The number of halogens is 1. The van der Waals surface area contributed by atoms with Crippen LogP contribution in [0.25, 0.3) is 0 Å². The van der Waals surface area contributed by atoms with Gasteiger partial charge in [0.15, 0.2) is 9.84 Å². The molecule has 0 unspecified atom stereocenters. The summed E-state index contributed by atoms with van der Waals surface area (Å²) in [6.07, 6.45) is 5.50. The van der Waals surface area contributed by atoms with E-state index >= 15 is 0 Å². The Morgan fingerprint density at radius 2 is 1.83 bits per heavy atom. The molecule has 0 bridgehead atoms. The van der Waals surface area contributed by atoms with Crippen molar-refractivity contribution in [2.75, 3.05) is 17.2 Å². The number of anilines is 1. The van der Waals surface area contributed by atoms with Gasteiger partial charge in [-0.05, 0) is 41.7 Å². The van der Waals surface area contributed by atoms with E-state index < -0.39 is 9.84 Å². The highest BCUT2D eigenvalue weighted by Gasteiger charge is 2.33. The van der Waals surface area contributed by atoms with Crippen molar-refractivity contribution in [2.45, 2.75) is 44.7 Å². The molecule has 1 aliphatic heterocycles.